The first kappa shape index (κ1) is 16.0. The number of aromatic nitrogens is 1. The summed E-state index contributed by atoms with van der Waals surface area (Å²) >= 11 is 11.4. The van der Waals surface area contributed by atoms with Crippen LogP contribution in [0.5, 0.6) is 0 Å². The lowest BCUT2D eigenvalue weighted by molar-refractivity contribution is 0.566. The molecule has 0 saturated carbocycles. The van der Waals surface area contributed by atoms with E-state index in [1.54, 1.807) is 31.2 Å². The second kappa shape index (κ2) is 6.19. The van der Waals surface area contributed by atoms with Crippen molar-refractivity contribution in [1.82, 2.24) is 9.71 Å². The molecule has 0 amide bonds. The van der Waals surface area contributed by atoms with Gasteiger partial charge in [0.2, 0.25) is 10.0 Å². The third-order valence-corrected chi connectivity index (χ3v) is 4.90. The summed E-state index contributed by atoms with van der Waals surface area (Å²) in [5.74, 6) is 0. The van der Waals surface area contributed by atoms with Crippen LogP contribution in [0.3, 0.4) is 0 Å². The third kappa shape index (κ3) is 3.85. The molecular formula is C13H12Cl2N2O3S. The predicted molar refractivity (Wildman–Crippen MR) is 82.3 cm³/mol. The zero-order valence-electron chi connectivity index (χ0n) is 10.9. The van der Waals surface area contributed by atoms with Crippen LogP contribution < -0.4 is 10.3 Å². The summed E-state index contributed by atoms with van der Waals surface area (Å²) in [6, 6.07) is 7.47. The number of rotatable bonds is 4. The number of hydrogen-bond acceptors (Lipinski definition) is 3. The van der Waals surface area contributed by atoms with Gasteiger partial charge in [-0.25, -0.2) is 13.1 Å². The van der Waals surface area contributed by atoms with Crippen LogP contribution in [0.4, 0.5) is 0 Å². The maximum Gasteiger partial charge on any atom is 0.266 e. The number of halogens is 2. The molecule has 1 atom stereocenters. The quantitative estimate of drug-likeness (QED) is 0.893. The summed E-state index contributed by atoms with van der Waals surface area (Å²) in [7, 11) is -3.79. The maximum atomic E-state index is 12.2. The van der Waals surface area contributed by atoms with Gasteiger partial charge in [-0.2, -0.15) is 0 Å². The molecule has 1 aromatic carbocycles. The molecule has 112 valence electrons. The highest BCUT2D eigenvalue weighted by Crippen LogP contribution is 2.19. The van der Waals surface area contributed by atoms with E-state index in [2.05, 4.69) is 9.71 Å². The van der Waals surface area contributed by atoms with Gasteiger partial charge in [0.1, 0.15) is 5.02 Å². The molecule has 1 unspecified atom stereocenters. The van der Waals surface area contributed by atoms with Crippen molar-refractivity contribution in [1.29, 1.82) is 0 Å². The minimum absolute atomic E-state index is 0.104. The van der Waals surface area contributed by atoms with Crippen LogP contribution in [-0.2, 0) is 10.0 Å². The van der Waals surface area contributed by atoms with Gasteiger partial charge in [-0.3, -0.25) is 4.79 Å². The zero-order valence-corrected chi connectivity index (χ0v) is 13.3. The highest BCUT2D eigenvalue weighted by molar-refractivity contribution is 7.89. The van der Waals surface area contributed by atoms with Crippen LogP contribution in [0.2, 0.25) is 10.0 Å². The van der Waals surface area contributed by atoms with Gasteiger partial charge in [0.05, 0.1) is 4.90 Å². The van der Waals surface area contributed by atoms with Gasteiger partial charge in [0, 0.05) is 17.3 Å². The molecule has 2 rings (SSSR count). The molecule has 0 aliphatic rings. The zero-order chi connectivity index (χ0) is 15.6. The molecule has 0 bridgehead atoms. The molecule has 0 aliphatic carbocycles. The Balaban J connectivity index is 2.26. The topological polar surface area (TPSA) is 79.0 Å². The summed E-state index contributed by atoms with van der Waals surface area (Å²) in [4.78, 5) is 13.3. The standard InChI is InChI=1S/C13H12Cl2N2O3S/c1-8(9-2-4-10(14)5-3-9)17-21(19,20)11-6-12(15)13(18)16-7-11/h2-8,17H,1H3,(H,16,18). The monoisotopic (exact) mass is 346 g/mol. The van der Waals surface area contributed by atoms with Gasteiger partial charge >= 0.3 is 0 Å². The lowest BCUT2D eigenvalue weighted by atomic mass is 10.1. The van der Waals surface area contributed by atoms with Gasteiger partial charge in [0.25, 0.3) is 5.56 Å². The molecule has 2 aromatic rings. The molecule has 0 aliphatic heterocycles. The molecule has 0 spiro atoms. The lowest BCUT2D eigenvalue weighted by Crippen LogP contribution is -2.27. The van der Waals surface area contributed by atoms with Crippen LogP contribution in [0, 0.1) is 0 Å². The largest absolute Gasteiger partial charge is 0.326 e. The van der Waals surface area contributed by atoms with E-state index < -0.39 is 21.6 Å². The van der Waals surface area contributed by atoms with Crippen molar-refractivity contribution in [3.8, 4) is 0 Å². The second-order valence-corrected chi connectivity index (χ2v) is 6.96. The van der Waals surface area contributed by atoms with Crippen molar-refractivity contribution in [2.24, 2.45) is 0 Å². The van der Waals surface area contributed by atoms with E-state index in [0.29, 0.717) is 5.02 Å². The van der Waals surface area contributed by atoms with Gasteiger partial charge in [0.15, 0.2) is 0 Å². The van der Waals surface area contributed by atoms with Crippen LogP contribution >= 0.6 is 23.2 Å². The Bertz CT molecular complexity index is 801. The summed E-state index contributed by atoms with van der Waals surface area (Å²) in [5, 5.41) is 0.387. The highest BCUT2D eigenvalue weighted by Gasteiger charge is 2.19. The first-order valence-electron chi connectivity index (χ1n) is 5.95. The first-order chi connectivity index (χ1) is 9.79. The molecule has 2 N–H and O–H groups in total. The number of sulfonamides is 1. The molecule has 0 saturated heterocycles. The van der Waals surface area contributed by atoms with Crippen molar-refractivity contribution in [3.05, 3.63) is 62.5 Å². The van der Waals surface area contributed by atoms with E-state index >= 15 is 0 Å². The Morgan fingerprint density at radius 3 is 2.38 bits per heavy atom. The Morgan fingerprint density at radius 2 is 1.81 bits per heavy atom. The van der Waals surface area contributed by atoms with Crippen LogP contribution in [0.1, 0.15) is 18.5 Å². The number of benzene rings is 1. The number of pyridine rings is 1. The smallest absolute Gasteiger partial charge is 0.266 e. The van der Waals surface area contributed by atoms with Crippen molar-refractivity contribution >= 4 is 33.2 Å². The predicted octanol–water partition coefficient (Wildman–Crippen LogP) is 2.72. The fourth-order valence-electron chi connectivity index (χ4n) is 1.71. The molecule has 0 fully saturated rings. The van der Waals surface area contributed by atoms with E-state index in [-0.39, 0.29) is 9.92 Å². The van der Waals surface area contributed by atoms with Gasteiger partial charge in [-0.1, -0.05) is 35.3 Å². The minimum Gasteiger partial charge on any atom is -0.326 e. The SMILES string of the molecule is CC(NS(=O)(=O)c1c[nH]c(=O)c(Cl)c1)c1ccc(Cl)cc1. The fourth-order valence-corrected chi connectivity index (χ4v) is 3.30. The Morgan fingerprint density at radius 1 is 1.19 bits per heavy atom. The maximum absolute atomic E-state index is 12.2. The van der Waals surface area contributed by atoms with Crippen molar-refractivity contribution < 1.29 is 8.42 Å². The summed E-state index contributed by atoms with van der Waals surface area (Å²) in [6.45, 7) is 1.70. The highest BCUT2D eigenvalue weighted by atomic mass is 35.5. The fraction of sp³-hybridized carbons (Fsp3) is 0.154. The molecule has 1 aromatic heterocycles. The first-order valence-corrected chi connectivity index (χ1v) is 8.19. The Kier molecular flexibility index (Phi) is 4.73. The lowest BCUT2D eigenvalue weighted by Gasteiger charge is -2.14. The molecule has 0 radical (unpaired) electrons. The Labute approximate surface area is 132 Å². The average Bonchev–Trinajstić information content (AvgIpc) is 2.42. The molecule has 5 nitrogen and oxygen atoms in total. The number of nitrogens with one attached hydrogen (secondary N) is 2. The van der Waals surface area contributed by atoms with Gasteiger partial charge in [-0.15, -0.1) is 0 Å². The van der Waals surface area contributed by atoms with Gasteiger partial charge < -0.3 is 4.98 Å². The molecule has 21 heavy (non-hydrogen) atoms. The molecular weight excluding hydrogens is 335 g/mol. The van der Waals surface area contributed by atoms with Crippen LogP contribution in [0.25, 0.3) is 0 Å². The molecule has 1 heterocycles. The van der Waals surface area contributed by atoms with E-state index in [4.69, 9.17) is 23.2 Å². The van der Waals surface area contributed by atoms with Crippen LogP contribution in [0.15, 0.2) is 46.2 Å². The second-order valence-electron chi connectivity index (χ2n) is 4.41. The average molecular weight is 347 g/mol. The molecule has 8 heteroatoms. The Hall–Kier alpha value is -1.34. The van der Waals surface area contributed by atoms with Crippen LogP contribution in [-0.4, -0.2) is 13.4 Å². The van der Waals surface area contributed by atoms with E-state index in [9.17, 15) is 13.2 Å². The normalized spacial score (nSPS) is 13.1. The number of hydrogen-bond donors (Lipinski definition) is 2. The summed E-state index contributed by atoms with van der Waals surface area (Å²) in [6.07, 6.45) is 1.10. The van der Waals surface area contributed by atoms with E-state index in [1.807, 2.05) is 0 Å². The van der Waals surface area contributed by atoms with Crippen molar-refractivity contribution in [2.75, 3.05) is 0 Å². The number of aromatic amines is 1. The van der Waals surface area contributed by atoms with Gasteiger partial charge in [-0.05, 0) is 30.7 Å². The van der Waals surface area contributed by atoms with E-state index in [1.165, 1.54) is 0 Å². The van der Waals surface area contributed by atoms with Crippen molar-refractivity contribution in [3.63, 3.8) is 0 Å². The van der Waals surface area contributed by atoms with E-state index in [0.717, 1.165) is 17.8 Å². The van der Waals surface area contributed by atoms with Crippen molar-refractivity contribution in [2.45, 2.75) is 17.9 Å². The summed E-state index contributed by atoms with van der Waals surface area (Å²) in [5.41, 5.74) is 0.222. The third-order valence-electron chi connectivity index (χ3n) is 2.84. The summed E-state index contributed by atoms with van der Waals surface area (Å²) < 4.78 is 27.0. The number of H-pyrrole nitrogens is 1. The minimum atomic E-state index is -3.79.